The largest absolute Gasteiger partial charge is 0.411 e. The van der Waals surface area contributed by atoms with Gasteiger partial charge in [0.15, 0.2) is 11.7 Å². The zero-order valence-corrected chi connectivity index (χ0v) is 16.0. The molecule has 1 saturated heterocycles. The number of hydrogen-bond donors (Lipinski definition) is 2. The Balaban J connectivity index is 1.76. The van der Waals surface area contributed by atoms with Crippen molar-refractivity contribution >= 4 is 16.6 Å². The quantitative estimate of drug-likeness (QED) is 0.599. The molecule has 0 saturated carbocycles. The molecule has 0 unspecified atom stereocenters. The van der Waals surface area contributed by atoms with Crippen molar-refractivity contribution in [3.8, 4) is 17.3 Å². The number of alkyl halides is 4. The predicted molar refractivity (Wildman–Crippen MR) is 104 cm³/mol. The molecule has 31 heavy (non-hydrogen) atoms. The van der Waals surface area contributed by atoms with Gasteiger partial charge in [-0.05, 0) is 43.3 Å². The van der Waals surface area contributed by atoms with E-state index in [0.717, 1.165) is 6.07 Å². The van der Waals surface area contributed by atoms with E-state index in [2.05, 4.69) is 20.6 Å². The van der Waals surface area contributed by atoms with Gasteiger partial charge in [0.1, 0.15) is 18.2 Å². The summed E-state index contributed by atoms with van der Waals surface area (Å²) in [6, 6.07) is 7.46. The summed E-state index contributed by atoms with van der Waals surface area (Å²) in [5.41, 5.74) is -1.57. The highest BCUT2D eigenvalue weighted by molar-refractivity contribution is 5.94. The standard InChI is InChI=1S/C21H16F5N5/c22-16-7-12(1-2-13(16)9-27)18-15-8-14(3-4-17(15)29-11-30-18)31-19(21(24,25)26)20(23)5-6-28-10-20/h1-4,7-8,11,19,28,31H,5-6,10H2/t19-,20-/m0/s1. The fourth-order valence-corrected chi connectivity index (χ4v) is 3.73. The Bertz CT molecular complexity index is 1170. The van der Waals surface area contributed by atoms with E-state index in [1.807, 2.05) is 0 Å². The van der Waals surface area contributed by atoms with E-state index in [1.165, 1.54) is 36.7 Å². The third kappa shape index (κ3) is 4.01. The molecule has 2 aromatic carbocycles. The van der Waals surface area contributed by atoms with Gasteiger partial charge in [0.05, 0.1) is 16.8 Å². The van der Waals surface area contributed by atoms with Crippen molar-refractivity contribution in [2.24, 2.45) is 0 Å². The van der Waals surface area contributed by atoms with Gasteiger partial charge in [-0.25, -0.2) is 18.7 Å². The van der Waals surface area contributed by atoms with Crippen LogP contribution in [-0.2, 0) is 0 Å². The van der Waals surface area contributed by atoms with Crippen molar-refractivity contribution < 1.29 is 22.0 Å². The first-order valence-electron chi connectivity index (χ1n) is 9.39. The summed E-state index contributed by atoms with van der Waals surface area (Å²) in [4.78, 5) is 8.23. The molecule has 0 amide bonds. The molecule has 10 heteroatoms. The molecular weight excluding hydrogens is 417 g/mol. The van der Waals surface area contributed by atoms with Crippen LogP contribution in [0.3, 0.4) is 0 Å². The number of rotatable bonds is 4. The summed E-state index contributed by atoms with van der Waals surface area (Å²) >= 11 is 0. The third-order valence-corrected chi connectivity index (χ3v) is 5.29. The van der Waals surface area contributed by atoms with Gasteiger partial charge in [-0.15, -0.1) is 0 Å². The van der Waals surface area contributed by atoms with Gasteiger partial charge < -0.3 is 10.6 Å². The molecule has 3 aromatic rings. The smallest absolute Gasteiger partial charge is 0.371 e. The van der Waals surface area contributed by atoms with Crippen LogP contribution in [0.25, 0.3) is 22.2 Å². The van der Waals surface area contributed by atoms with Crippen molar-refractivity contribution in [1.82, 2.24) is 15.3 Å². The number of nitrogens with zero attached hydrogens (tertiary/aromatic N) is 3. The van der Waals surface area contributed by atoms with Crippen molar-refractivity contribution in [3.63, 3.8) is 0 Å². The van der Waals surface area contributed by atoms with Gasteiger partial charge >= 0.3 is 6.18 Å². The zero-order chi connectivity index (χ0) is 22.2. The molecule has 1 aliphatic heterocycles. The molecule has 2 atom stereocenters. The normalized spacial score (nSPS) is 19.9. The Kier molecular flexibility index (Phi) is 5.23. The second-order valence-electron chi connectivity index (χ2n) is 7.34. The van der Waals surface area contributed by atoms with E-state index in [0.29, 0.717) is 16.5 Å². The van der Waals surface area contributed by atoms with Gasteiger partial charge in [0.2, 0.25) is 0 Å². The first kappa shape index (κ1) is 20.9. The molecule has 0 aliphatic carbocycles. The highest BCUT2D eigenvalue weighted by Gasteiger charge is 2.55. The maximum atomic E-state index is 15.0. The number of anilines is 1. The molecule has 160 valence electrons. The molecule has 0 spiro atoms. The van der Waals surface area contributed by atoms with E-state index < -0.39 is 30.2 Å². The lowest BCUT2D eigenvalue weighted by Crippen LogP contribution is -2.53. The summed E-state index contributed by atoms with van der Waals surface area (Å²) in [6.45, 7) is -0.249. The fraction of sp³-hybridized carbons (Fsp3) is 0.286. The summed E-state index contributed by atoms with van der Waals surface area (Å²) in [5, 5.41) is 14.2. The van der Waals surface area contributed by atoms with Gasteiger partial charge in [0, 0.05) is 23.2 Å². The highest BCUT2D eigenvalue weighted by atomic mass is 19.4. The number of benzene rings is 2. The molecular formula is C21H16F5N5. The molecule has 2 heterocycles. The third-order valence-electron chi connectivity index (χ3n) is 5.29. The molecule has 1 aliphatic rings. The van der Waals surface area contributed by atoms with Crippen LogP contribution in [0.4, 0.5) is 27.6 Å². The van der Waals surface area contributed by atoms with Crippen LogP contribution in [-0.4, -0.2) is 40.9 Å². The predicted octanol–water partition coefficient (Wildman–Crippen LogP) is 4.35. The maximum absolute atomic E-state index is 15.0. The van der Waals surface area contributed by atoms with Crippen molar-refractivity contribution in [2.45, 2.75) is 24.3 Å². The van der Waals surface area contributed by atoms with E-state index in [4.69, 9.17) is 5.26 Å². The van der Waals surface area contributed by atoms with Crippen LogP contribution in [0.15, 0.2) is 42.7 Å². The topological polar surface area (TPSA) is 73.6 Å². The Labute approximate surface area is 173 Å². The lowest BCUT2D eigenvalue weighted by atomic mass is 9.94. The van der Waals surface area contributed by atoms with Crippen LogP contribution in [0.5, 0.6) is 0 Å². The Morgan fingerprint density at radius 3 is 2.61 bits per heavy atom. The van der Waals surface area contributed by atoms with Gasteiger partial charge in [-0.3, -0.25) is 0 Å². The summed E-state index contributed by atoms with van der Waals surface area (Å²) in [5.74, 6) is -0.744. The van der Waals surface area contributed by atoms with Crippen LogP contribution in [0.1, 0.15) is 12.0 Å². The number of nitriles is 1. The Morgan fingerprint density at radius 2 is 1.97 bits per heavy atom. The fourth-order valence-electron chi connectivity index (χ4n) is 3.73. The van der Waals surface area contributed by atoms with Crippen LogP contribution in [0, 0.1) is 17.1 Å². The number of fused-ring (bicyclic) bond motifs is 1. The summed E-state index contributed by atoms with van der Waals surface area (Å²) in [6.07, 6.45) is -3.83. The first-order chi connectivity index (χ1) is 14.7. The monoisotopic (exact) mass is 433 g/mol. The summed E-state index contributed by atoms with van der Waals surface area (Å²) < 4.78 is 70.0. The average molecular weight is 433 g/mol. The van der Waals surface area contributed by atoms with E-state index in [9.17, 15) is 22.0 Å². The van der Waals surface area contributed by atoms with Crippen LogP contribution >= 0.6 is 0 Å². The highest BCUT2D eigenvalue weighted by Crippen LogP contribution is 2.38. The van der Waals surface area contributed by atoms with Gasteiger partial charge in [-0.1, -0.05) is 6.07 Å². The van der Waals surface area contributed by atoms with Crippen LogP contribution in [0.2, 0.25) is 0 Å². The van der Waals surface area contributed by atoms with E-state index in [1.54, 1.807) is 6.07 Å². The average Bonchev–Trinajstić information content (AvgIpc) is 3.17. The lowest BCUT2D eigenvalue weighted by molar-refractivity contribution is -0.168. The molecule has 4 rings (SSSR count). The van der Waals surface area contributed by atoms with E-state index in [-0.39, 0.29) is 29.9 Å². The number of aromatic nitrogens is 2. The Hall–Kier alpha value is -3.32. The molecule has 1 fully saturated rings. The molecule has 0 bridgehead atoms. The minimum absolute atomic E-state index is 0.0314. The first-order valence-corrected chi connectivity index (χ1v) is 9.39. The minimum atomic E-state index is -4.82. The molecule has 2 N–H and O–H groups in total. The molecule has 1 aromatic heterocycles. The maximum Gasteiger partial charge on any atom is 0.411 e. The van der Waals surface area contributed by atoms with Crippen molar-refractivity contribution in [2.75, 3.05) is 18.4 Å². The number of hydrogen-bond acceptors (Lipinski definition) is 5. The van der Waals surface area contributed by atoms with Gasteiger partial charge in [-0.2, -0.15) is 18.4 Å². The SMILES string of the molecule is N#Cc1ccc(-c2ncnc3ccc(N[C@H](C(F)(F)F)[C@]4(F)CCNC4)cc23)cc1F. The van der Waals surface area contributed by atoms with Crippen LogP contribution < -0.4 is 10.6 Å². The second kappa shape index (κ2) is 7.74. The van der Waals surface area contributed by atoms with E-state index >= 15 is 0 Å². The zero-order valence-electron chi connectivity index (χ0n) is 16.0. The second-order valence-corrected chi connectivity index (χ2v) is 7.34. The molecule has 0 radical (unpaired) electrons. The Morgan fingerprint density at radius 1 is 1.16 bits per heavy atom. The van der Waals surface area contributed by atoms with Gasteiger partial charge in [0.25, 0.3) is 0 Å². The summed E-state index contributed by atoms with van der Waals surface area (Å²) in [7, 11) is 0. The number of halogens is 5. The minimum Gasteiger partial charge on any atom is -0.371 e. The lowest BCUT2D eigenvalue weighted by Gasteiger charge is -2.32. The van der Waals surface area contributed by atoms with Crippen molar-refractivity contribution in [3.05, 3.63) is 54.1 Å². The molecule has 5 nitrogen and oxygen atoms in total. The van der Waals surface area contributed by atoms with Crippen molar-refractivity contribution in [1.29, 1.82) is 5.26 Å². The number of nitrogens with one attached hydrogen (secondary N) is 2.